The molecule has 2 aromatic rings. The molecule has 0 aliphatic heterocycles. The molecule has 0 aliphatic rings. The molecular weight excluding hydrogens is 175 g/mol. The highest BCUT2D eigenvalue weighted by Crippen LogP contribution is 2.19. The molecule has 0 saturated heterocycles. The summed E-state index contributed by atoms with van der Waals surface area (Å²) in [5.41, 5.74) is 0.703. The molecule has 0 radical (unpaired) electrons. The Morgan fingerprint density at radius 1 is 0.929 bits per heavy atom. The van der Waals surface area contributed by atoms with Crippen LogP contribution < -0.4 is 0 Å². The number of halogens is 1. The Kier molecular flexibility index (Phi) is 3.63. The maximum atomic E-state index is 13.4. The van der Waals surface area contributed by atoms with Crippen LogP contribution in [-0.4, -0.2) is 0 Å². The van der Waals surface area contributed by atoms with Gasteiger partial charge in [0.25, 0.3) is 0 Å². The van der Waals surface area contributed by atoms with Crippen LogP contribution in [0.15, 0.2) is 36.4 Å². The number of aryl methyl sites for hydroxylation is 1. The van der Waals surface area contributed by atoms with E-state index in [9.17, 15) is 4.39 Å². The minimum Gasteiger partial charge on any atom is -0.206 e. The van der Waals surface area contributed by atoms with Gasteiger partial charge in [0.15, 0.2) is 0 Å². The van der Waals surface area contributed by atoms with E-state index in [1.54, 1.807) is 19.1 Å². The van der Waals surface area contributed by atoms with Crippen molar-refractivity contribution in [1.29, 1.82) is 0 Å². The zero-order valence-corrected chi connectivity index (χ0v) is 8.84. The lowest BCUT2D eigenvalue weighted by Gasteiger charge is -2.00. The number of hydrogen-bond acceptors (Lipinski definition) is 0. The van der Waals surface area contributed by atoms with Crippen LogP contribution in [0.4, 0.5) is 4.39 Å². The van der Waals surface area contributed by atoms with E-state index in [1.807, 2.05) is 38.1 Å². The number of fused-ring (bicyclic) bond motifs is 1. The first-order valence-corrected chi connectivity index (χ1v) is 4.93. The Balaban J connectivity index is 0.000000461. The molecule has 0 atom stereocenters. The van der Waals surface area contributed by atoms with E-state index in [1.165, 1.54) is 0 Å². The van der Waals surface area contributed by atoms with Crippen molar-refractivity contribution in [3.05, 3.63) is 47.8 Å². The quantitative estimate of drug-likeness (QED) is 0.580. The van der Waals surface area contributed by atoms with Crippen molar-refractivity contribution in [3.63, 3.8) is 0 Å². The average molecular weight is 190 g/mol. The summed E-state index contributed by atoms with van der Waals surface area (Å²) in [6.45, 7) is 5.78. The normalized spacial score (nSPS) is 9.43. The van der Waals surface area contributed by atoms with E-state index in [2.05, 4.69) is 0 Å². The molecule has 1 heteroatoms. The van der Waals surface area contributed by atoms with Gasteiger partial charge in [0.2, 0.25) is 0 Å². The van der Waals surface area contributed by atoms with Crippen LogP contribution in [-0.2, 0) is 0 Å². The third-order valence-electron chi connectivity index (χ3n) is 2.06. The summed E-state index contributed by atoms with van der Waals surface area (Å²) < 4.78 is 13.4. The lowest BCUT2D eigenvalue weighted by Crippen LogP contribution is -1.83. The van der Waals surface area contributed by atoms with E-state index in [0.29, 0.717) is 10.9 Å². The molecule has 0 bridgehead atoms. The molecule has 0 saturated carbocycles. The average Bonchev–Trinajstić information content (AvgIpc) is 2.27. The topological polar surface area (TPSA) is 0 Å². The number of benzene rings is 2. The fraction of sp³-hybridized carbons (Fsp3) is 0.231. The molecule has 0 unspecified atom stereocenters. The highest BCUT2D eigenvalue weighted by molar-refractivity contribution is 5.83. The molecule has 0 fully saturated rings. The van der Waals surface area contributed by atoms with Crippen LogP contribution in [0.1, 0.15) is 19.4 Å². The van der Waals surface area contributed by atoms with Crippen molar-refractivity contribution in [2.24, 2.45) is 0 Å². The van der Waals surface area contributed by atoms with E-state index in [4.69, 9.17) is 0 Å². The second-order valence-corrected chi connectivity index (χ2v) is 2.92. The lowest BCUT2D eigenvalue weighted by atomic mass is 10.1. The van der Waals surface area contributed by atoms with Crippen LogP contribution in [0.2, 0.25) is 0 Å². The zero-order valence-electron chi connectivity index (χ0n) is 8.84. The van der Waals surface area contributed by atoms with Crippen LogP contribution in [0.25, 0.3) is 10.8 Å². The van der Waals surface area contributed by atoms with Crippen molar-refractivity contribution in [3.8, 4) is 0 Å². The largest absolute Gasteiger partial charge is 0.206 e. The summed E-state index contributed by atoms with van der Waals surface area (Å²) in [5, 5.41) is 1.66. The SMILES string of the molecule is CC.Cc1ccc2ccccc2c1F. The Morgan fingerprint density at radius 3 is 2.29 bits per heavy atom. The van der Waals surface area contributed by atoms with Crippen molar-refractivity contribution in [2.45, 2.75) is 20.8 Å². The summed E-state index contributed by atoms with van der Waals surface area (Å²) in [7, 11) is 0. The summed E-state index contributed by atoms with van der Waals surface area (Å²) >= 11 is 0. The molecule has 74 valence electrons. The van der Waals surface area contributed by atoms with Crippen molar-refractivity contribution in [1.82, 2.24) is 0 Å². The number of hydrogen-bond donors (Lipinski definition) is 0. The van der Waals surface area contributed by atoms with Gasteiger partial charge in [0.05, 0.1) is 0 Å². The first-order chi connectivity index (χ1) is 6.79. The lowest BCUT2D eigenvalue weighted by molar-refractivity contribution is 0.631. The molecule has 0 heterocycles. The van der Waals surface area contributed by atoms with Gasteiger partial charge in [-0.25, -0.2) is 4.39 Å². The second kappa shape index (κ2) is 4.75. The third kappa shape index (κ3) is 1.92. The molecule has 2 aromatic carbocycles. The van der Waals surface area contributed by atoms with Crippen LogP contribution in [0, 0.1) is 12.7 Å². The van der Waals surface area contributed by atoms with E-state index in [-0.39, 0.29) is 5.82 Å². The van der Waals surface area contributed by atoms with Gasteiger partial charge in [-0.05, 0) is 17.9 Å². The molecule has 0 amide bonds. The van der Waals surface area contributed by atoms with Crippen molar-refractivity contribution < 1.29 is 4.39 Å². The van der Waals surface area contributed by atoms with Gasteiger partial charge >= 0.3 is 0 Å². The summed E-state index contributed by atoms with van der Waals surface area (Å²) in [6.07, 6.45) is 0. The Hall–Kier alpha value is -1.37. The fourth-order valence-corrected chi connectivity index (χ4v) is 1.34. The Morgan fingerprint density at radius 2 is 1.57 bits per heavy atom. The standard InChI is InChI=1S/C11H9F.C2H6/c1-8-6-7-9-4-2-3-5-10(9)11(8)12;1-2/h2-7H,1H3;1-2H3. The molecule has 14 heavy (non-hydrogen) atoms. The van der Waals surface area contributed by atoms with Gasteiger partial charge in [0, 0.05) is 5.39 Å². The Bertz CT molecular complexity index is 419. The maximum absolute atomic E-state index is 13.4. The highest BCUT2D eigenvalue weighted by atomic mass is 19.1. The van der Waals surface area contributed by atoms with Crippen LogP contribution in [0.5, 0.6) is 0 Å². The fourth-order valence-electron chi connectivity index (χ4n) is 1.34. The monoisotopic (exact) mass is 190 g/mol. The predicted octanol–water partition coefficient (Wildman–Crippen LogP) is 4.31. The highest BCUT2D eigenvalue weighted by Gasteiger charge is 2.01. The summed E-state index contributed by atoms with van der Waals surface area (Å²) in [5.74, 6) is -0.104. The van der Waals surface area contributed by atoms with E-state index in [0.717, 1.165) is 5.39 Å². The summed E-state index contributed by atoms with van der Waals surface area (Å²) in [4.78, 5) is 0. The van der Waals surface area contributed by atoms with Gasteiger partial charge in [-0.3, -0.25) is 0 Å². The van der Waals surface area contributed by atoms with Crippen molar-refractivity contribution >= 4 is 10.8 Å². The minimum atomic E-state index is -0.104. The first-order valence-electron chi connectivity index (χ1n) is 4.93. The van der Waals surface area contributed by atoms with Gasteiger partial charge in [-0.1, -0.05) is 50.2 Å². The van der Waals surface area contributed by atoms with Crippen molar-refractivity contribution in [2.75, 3.05) is 0 Å². The minimum absolute atomic E-state index is 0.104. The summed E-state index contributed by atoms with van der Waals surface area (Å²) in [6, 6.07) is 11.2. The van der Waals surface area contributed by atoms with Crippen LogP contribution >= 0.6 is 0 Å². The molecule has 2 rings (SSSR count). The van der Waals surface area contributed by atoms with Gasteiger partial charge < -0.3 is 0 Å². The maximum Gasteiger partial charge on any atom is 0.133 e. The smallest absolute Gasteiger partial charge is 0.133 e. The molecular formula is C13H15F. The molecule has 0 nitrogen and oxygen atoms in total. The van der Waals surface area contributed by atoms with Gasteiger partial charge in [0.1, 0.15) is 5.82 Å². The van der Waals surface area contributed by atoms with Gasteiger partial charge in [-0.2, -0.15) is 0 Å². The number of rotatable bonds is 0. The Labute approximate surface area is 84.4 Å². The molecule has 0 N–H and O–H groups in total. The van der Waals surface area contributed by atoms with Crippen LogP contribution in [0.3, 0.4) is 0 Å². The first kappa shape index (κ1) is 10.7. The predicted molar refractivity (Wildman–Crippen MR) is 60.0 cm³/mol. The van der Waals surface area contributed by atoms with E-state index < -0.39 is 0 Å². The van der Waals surface area contributed by atoms with Gasteiger partial charge in [-0.15, -0.1) is 0 Å². The molecule has 0 aliphatic carbocycles. The zero-order chi connectivity index (χ0) is 10.6. The molecule has 0 aromatic heterocycles. The second-order valence-electron chi connectivity index (χ2n) is 2.92. The third-order valence-corrected chi connectivity index (χ3v) is 2.06. The van der Waals surface area contributed by atoms with E-state index >= 15 is 0 Å². The molecule has 0 spiro atoms.